The molecule has 92 valence electrons. The average Bonchev–Trinajstić information content (AvgIpc) is 2.28. The van der Waals surface area contributed by atoms with Crippen molar-refractivity contribution in [2.45, 2.75) is 25.8 Å². The Morgan fingerprint density at radius 2 is 2.35 bits per heavy atom. The van der Waals surface area contributed by atoms with Crippen LogP contribution in [0.15, 0.2) is 30.9 Å². The molecule has 3 N–H and O–H groups in total. The van der Waals surface area contributed by atoms with Gasteiger partial charge in [0, 0.05) is 11.7 Å². The molecule has 0 aromatic heterocycles. The molecule has 1 rings (SSSR count). The minimum absolute atomic E-state index is 0.301. The summed E-state index contributed by atoms with van der Waals surface area (Å²) in [4.78, 5) is 11.1. The van der Waals surface area contributed by atoms with Gasteiger partial charge in [0.1, 0.15) is 0 Å². The minimum Gasteiger partial charge on any atom is -0.383 e. The summed E-state index contributed by atoms with van der Waals surface area (Å²) in [5.74, 6) is -0.516. The van der Waals surface area contributed by atoms with Crippen molar-refractivity contribution in [2.75, 3.05) is 5.32 Å². The van der Waals surface area contributed by atoms with E-state index in [1.165, 1.54) is 0 Å². The van der Waals surface area contributed by atoms with Crippen LogP contribution in [0.25, 0.3) is 0 Å². The molecule has 1 amide bonds. The molecule has 17 heavy (non-hydrogen) atoms. The monoisotopic (exact) mass is 252 g/mol. The van der Waals surface area contributed by atoms with Gasteiger partial charge in [0.25, 0.3) is 0 Å². The summed E-state index contributed by atoms with van der Waals surface area (Å²) in [6, 6.07) is 5.48. The molecule has 0 saturated carbocycles. The first kappa shape index (κ1) is 13.6. The predicted molar refractivity (Wildman–Crippen MR) is 72.5 cm³/mol. The molecule has 0 spiro atoms. The topological polar surface area (TPSA) is 55.1 Å². The van der Waals surface area contributed by atoms with Crippen molar-refractivity contribution in [1.29, 1.82) is 0 Å². The van der Waals surface area contributed by atoms with Gasteiger partial charge in [-0.1, -0.05) is 17.7 Å². The van der Waals surface area contributed by atoms with Gasteiger partial charge in [0.05, 0.1) is 10.6 Å². The van der Waals surface area contributed by atoms with E-state index in [1.54, 1.807) is 12.1 Å². The number of carbonyl (C=O) groups is 1. The molecule has 0 radical (unpaired) electrons. The number of carbonyl (C=O) groups excluding carboxylic acids is 1. The number of nitrogens with one attached hydrogen (secondary N) is 1. The highest BCUT2D eigenvalue weighted by Crippen LogP contribution is 2.21. The SMILES string of the molecule is C=CCCC(C)Nc1ccc(Cl)c(C(N)=O)c1. The Hall–Kier alpha value is -1.48. The van der Waals surface area contributed by atoms with Gasteiger partial charge in [0.2, 0.25) is 5.91 Å². The second-order valence-corrected chi connectivity index (χ2v) is 4.38. The average molecular weight is 253 g/mol. The van der Waals surface area contributed by atoms with Crippen LogP contribution >= 0.6 is 11.6 Å². The molecule has 0 fully saturated rings. The number of allylic oxidation sites excluding steroid dienone is 1. The summed E-state index contributed by atoms with van der Waals surface area (Å²) < 4.78 is 0. The molecule has 0 aliphatic heterocycles. The molecule has 1 aromatic rings. The molecule has 0 aliphatic rings. The van der Waals surface area contributed by atoms with Crippen LogP contribution in [0.1, 0.15) is 30.1 Å². The zero-order chi connectivity index (χ0) is 12.8. The maximum atomic E-state index is 11.1. The lowest BCUT2D eigenvalue weighted by atomic mass is 10.1. The van der Waals surface area contributed by atoms with Crippen LogP contribution in [0.2, 0.25) is 5.02 Å². The van der Waals surface area contributed by atoms with Crippen LogP contribution in [0.4, 0.5) is 5.69 Å². The van der Waals surface area contributed by atoms with Crippen molar-refractivity contribution in [3.63, 3.8) is 0 Å². The third kappa shape index (κ3) is 4.11. The van der Waals surface area contributed by atoms with Gasteiger partial charge >= 0.3 is 0 Å². The van der Waals surface area contributed by atoms with E-state index < -0.39 is 5.91 Å². The molecule has 0 aliphatic carbocycles. The van der Waals surface area contributed by atoms with Crippen molar-refractivity contribution in [3.8, 4) is 0 Å². The third-order valence-corrected chi connectivity index (χ3v) is 2.78. The van der Waals surface area contributed by atoms with Crippen LogP contribution in [-0.4, -0.2) is 11.9 Å². The largest absolute Gasteiger partial charge is 0.383 e. The normalized spacial score (nSPS) is 11.9. The van der Waals surface area contributed by atoms with Crippen LogP contribution in [0.5, 0.6) is 0 Å². The molecule has 1 aromatic carbocycles. The van der Waals surface area contributed by atoms with Crippen LogP contribution < -0.4 is 11.1 Å². The van der Waals surface area contributed by atoms with Gasteiger partial charge in [-0.05, 0) is 38.0 Å². The Bertz CT molecular complexity index is 418. The second kappa shape index (κ2) is 6.30. The summed E-state index contributed by atoms with van der Waals surface area (Å²) in [5.41, 5.74) is 6.42. The zero-order valence-corrected chi connectivity index (χ0v) is 10.6. The summed E-state index contributed by atoms with van der Waals surface area (Å²) in [5, 5.41) is 3.66. The van der Waals surface area contributed by atoms with E-state index >= 15 is 0 Å². The molecular formula is C13H17ClN2O. The predicted octanol–water partition coefficient (Wildman–Crippen LogP) is 3.21. The molecule has 1 unspecified atom stereocenters. The summed E-state index contributed by atoms with van der Waals surface area (Å²) >= 11 is 5.87. The lowest BCUT2D eigenvalue weighted by molar-refractivity contribution is 0.100. The first-order chi connectivity index (χ1) is 8.04. The van der Waals surface area contributed by atoms with E-state index in [2.05, 4.69) is 18.8 Å². The Kier molecular flexibility index (Phi) is 5.04. The standard InChI is InChI=1S/C13H17ClN2O/c1-3-4-5-9(2)16-10-6-7-12(14)11(8-10)13(15)17/h3,6-9,16H,1,4-5H2,2H3,(H2,15,17). The summed E-state index contributed by atoms with van der Waals surface area (Å²) in [6.45, 7) is 5.75. The van der Waals surface area contributed by atoms with Gasteiger partial charge in [-0.15, -0.1) is 6.58 Å². The lowest BCUT2D eigenvalue weighted by Crippen LogP contribution is -2.16. The number of anilines is 1. The van der Waals surface area contributed by atoms with E-state index in [9.17, 15) is 4.79 Å². The van der Waals surface area contributed by atoms with Crippen molar-refractivity contribution >= 4 is 23.2 Å². The number of nitrogens with two attached hydrogens (primary N) is 1. The Labute approximate surface area is 107 Å². The highest BCUT2D eigenvalue weighted by atomic mass is 35.5. The fraction of sp³-hybridized carbons (Fsp3) is 0.308. The first-order valence-electron chi connectivity index (χ1n) is 5.51. The summed E-state index contributed by atoms with van der Waals surface area (Å²) in [7, 11) is 0. The van der Waals surface area contributed by atoms with E-state index in [0.29, 0.717) is 16.6 Å². The number of primary amides is 1. The van der Waals surface area contributed by atoms with Gasteiger partial charge in [-0.2, -0.15) is 0 Å². The number of halogens is 1. The van der Waals surface area contributed by atoms with Crippen LogP contribution in [-0.2, 0) is 0 Å². The fourth-order valence-electron chi connectivity index (χ4n) is 1.53. The van der Waals surface area contributed by atoms with E-state index in [0.717, 1.165) is 18.5 Å². The first-order valence-corrected chi connectivity index (χ1v) is 5.89. The van der Waals surface area contributed by atoms with E-state index in [1.807, 2.05) is 12.1 Å². The quantitative estimate of drug-likeness (QED) is 0.764. The molecule has 0 bridgehead atoms. The zero-order valence-electron chi connectivity index (χ0n) is 9.87. The van der Waals surface area contributed by atoms with Gasteiger partial charge in [-0.3, -0.25) is 4.79 Å². The second-order valence-electron chi connectivity index (χ2n) is 3.97. The van der Waals surface area contributed by atoms with Gasteiger partial charge in [-0.25, -0.2) is 0 Å². The van der Waals surface area contributed by atoms with Crippen LogP contribution in [0.3, 0.4) is 0 Å². The maximum absolute atomic E-state index is 11.1. The number of amides is 1. The number of rotatable bonds is 6. The smallest absolute Gasteiger partial charge is 0.250 e. The van der Waals surface area contributed by atoms with Crippen LogP contribution in [0, 0.1) is 0 Å². The maximum Gasteiger partial charge on any atom is 0.250 e. The highest BCUT2D eigenvalue weighted by molar-refractivity contribution is 6.33. The molecule has 3 nitrogen and oxygen atoms in total. The highest BCUT2D eigenvalue weighted by Gasteiger charge is 2.08. The molecule has 1 atom stereocenters. The van der Waals surface area contributed by atoms with Crippen molar-refractivity contribution in [2.24, 2.45) is 5.73 Å². The van der Waals surface area contributed by atoms with E-state index in [-0.39, 0.29) is 0 Å². The Morgan fingerprint density at radius 1 is 1.65 bits per heavy atom. The fourth-order valence-corrected chi connectivity index (χ4v) is 1.74. The third-order valence-electron chi connectivity index (χ3n) is 2.45. The Morgan fingerprint density at radius 3 is 2.94 bits per heavy atom. The van der Waals surface area contributed by atoms with Crippen molar-refractivity contribution in [1.82, 2.24) is 0 Å². The van der Waals surface area contributed by atoms with E-state index in [4.69, 9.17) is 17.3 Å². The number of hydrogen-bond donors (Lipinski definition) is 2. The number of hydrogen-bond acceptors (Lipinski definition) is 2. The molecule has 0 heterocycles. The Balaban J connectivity index is 2.75. The molecular weight excluding hydrogens is 236 g/mol. The molecule has 0 saturated heterocycles. The minimum atomic E-state index is -0.516. The van der Waals surface area contributed by atoms with Crippen molar-refractivity contribution in [3.05, 3.63) is 41.4 Å². The number of benzene rings is 1. The lowest BCUT2D eigenvalue weighted by Gasteiger charge is -2.15. The van der Waals surface area contributed by atoms with Gasteiger partial charge < -0.3 is 11.1 Å². The molecule has 4 heteroatoms. The summed E-state index contributed by atoms with van der Waals surface area (Å²) in [6.07, 6.45) is 3.82. The van der Waals surface area contributed by atoms with Gasteiger partial charge in [0.15, 0.2) is 0 Å². The van der Waals surface area contributed by atoms with Crippen molar-refractivity contribution < 1.29 is 4.79 Å².